The minimum Gasteiger partial charge on any atom is -0.262 e. The van der Waals surface area contributed by atoms with E-state index < -0.39 is 0 Å². The van der Waals surface area contributed by atoms with Gasteiger partial charge >= 0.3 is 0 Å². The van der Waals surface area contributed by atoms with Gasteiger partial charge in [0.25, 0.3) is 0 Å². The summed E-state index contributed by atoms with van der Waals surface area (Å²) < 4.78 is 0. The maximum atomic E-state index is 4.47. The van der Waals surface area contributed by atoms with E-state index in [-0.39, 0.29) is 11.6 Å². The van der Waals surface area contributed by atoms with E-state index in [1.165, 1.54) is 0 Å². The van der Waals surface area contributed by atoms with Crippen molar-refractivity contribution in [2.24, 2.45) is 20.4 Å². The highest BCUT2D eigenvalue weighted by Gasteiger charge is 2.25. The first-order valence-corrected chi connectivity index (χ1v) is 4.43. The Labute approximate surface area is 78.0 Å². The van der Waals surface area contributed by atoms with Crippen LogP contribution >= 0.6 is 0 Å². The first kappa shape index (κ1) is 8.35. The highest BCUT2D eigenvalue weighted by atomic mass is 15.1. The molecule has 0 aromatic carbocycles. The second-order valence-corrected chi connectivity index (χ2v) is 4.30. The van der Waals surface area contributed by atoms with Crippen LogP contribution in [0, 0.1) is 5.41 Å². The number of hydrogen-bond acceptors (Lipinski definition) is 3. The number of allylic oxidation sites excluding steroid dienone is 1. The van der Waals surface area contributed by atoms with Crippen molar-refractivity contribution in [1.29, 1.82) is 0 Å². The topological polar surface area (TPSA) is 37.1 Å². The largest absolute Gasteiger partial charge is 0.262 e. The first-order chi connectivity index (χ1) is 6.07. The minimum absolute atomic E-state index is 0.0140. The maximum Gasteiger partial charge on any atom is 0.168 e. The molecule has 0 saturated carbocycles. The molecule has 0 amide bonds. The van der Waals surface area contributed by atoms with Crippen LogP contribution in [0.2, 0.25) is 0 Å². The summed E-state index contributed by atoms with van der Waals surface area (Å²) in [6, 6.07) is 0. The van der Waals surface area contributed by atoms with Gasteiger partial charge in [0.1, 0.15) is 5.84 Å². The summed E-state index contributed by atoms with van der Waals surface area (Å²) in [5.74, 6) is 0.883. The SMILES string of the molecule is CC(C)(C)C1=NC2N=CC=C2C=N1. The van der Waals surface area contributed by atoms with Crippen molar-refractivity contribution in [1.82, 2.24) is 0 Å². The molecule has 0 saturated heterocycles. The van der Waals surface area contributed by atoms with Crippen LogP contribution in [0.5, 0.6) is 0 Å². The van der Waals surface area contributed by atoms with E-state index in [0.29, 0.717) is 0 Å². The fraction of sp³-hybridized carbons (Fsp3) is 0.500. The summed E-state index contributed by atoms with van der Waals surface area (Å²) in [6.45, 7) is 6.32. The van der Waals surface area contributed by atoms with E-state index in [2.05, 4.69) is 35.7 Å². The number of amidine groups is 1. The lowest BCUT2D eigenvalue weighted by Gasteiger charge is -2.21. The summed E-state index contributed by atoms with van der Waals surface area (Å²) >= 11 is 0. The Kier molecular flexibility index (Phi) is 1.68. The van der Waals surface area contributed by atoms with Crippen LogP contribution in [0.15, 0.2) is 26.6 Å². The van der Waals surface area contributed by atoms with E-state index >= 15 is 0 Å². The van der Waals surface area contributed by atoms with E-state index in [1.54, 1.807) is 6.21 Å². The van der Waals surface area contributed by atoms with Gasteiger partial charge < -0.3 is 0 Å². The third-order valence-corrected chi connectivity index (χ3v) is 2.04. The van der Waals surface area contributed by atoms with Crippen molar-refractivity contribution in [3.63, 3.8) is 0 Å². The van der Waals surface area contributed by atoms with Crippen molar-refractivity contribution in [2.45, 2.75) is 26.9 Å². The Morgan fingerprint density at radius 1 is 1.31 bits per heavy atom. The molecule has 0 fully saturated rings. The Morgan fingerprint density at radius 3 is 2.77 bits per heavy atom. The quantitative estimate of drug-likeness (QED) is 0.539. The molecule has 2 aliphatic rings. The predicted octanol–water partition coefficient (Wildman–Crippen LogP) is 1.85. The molecule has 0 spiro atoms. The summed E-state index contributed by atoms with van der Waals surface area (Å²) in [5.41, 5.74) is 1.10. The summed E-state index contributed by atoms with van der Waals surface area (Å²) in [7, 11) is 0. The molecule has 0 aromatic heterocycles. The Bertz CT molecular complexity index is 340. The van der Waals surface area contributed by atoms with E-state index in [0.717, 1.165) is 11.4 Å². The van der Waals surface area contributed by atoms with Crippen molar-refractivity contribution in [3.8, 4) is 0 Å². The molecule has 0 bridgehead atoms. The minimum atomic E-state index is -0.0216. The Hall–Kier alpha value is -1.25. The highest BCUT2D eigenvalue weighted by Crippen LogP contribution is 2.23. The molecule has 2 aliphatic heterocycles. The zero-order chi connectivity index (χ0) is 9.47. The molecule has 0 aromatic rings. The van der Waals surface area contributed by atoms with E-state index in [4.69, 9.17) is 0 Å². The fourth-order valence-corrected chi connectivity index (χ4v) is 1.27. The third-order valence-electron chi connectivity index (χ3n) is 2.04. The monoisotopic (exact) mass is 175 g/mol. The summed E-state index contributed by atoms with van der Waals surface area (Å²) in [4.78, 5) is 13.0. The van der Waals surface area contributed by atoms with Gasteiger partial charge in [0.05, 0.1) is 0 Å². The van der Waals surface area contributed by atoms with Crippen LogP contribution in [0.4, 0.5) is 0 Å². The first-order valence-electron chi connectivity index (χ1n) is 4.43. The van der Waals surface area contributed by atoms with Gasteiger partial charge in [-0.1, -0.05) is 20.8 Å². The lowest BCUT2D eigenvalue weighted by molar-refractivity contribution is 0.577. The number of aliphatic imine (C=N–C) groups is 3. The molecule has 2 heterocycles. The summed E-state index contributed by atoms with van der Waals surface area (Å²) in [5, 5.41) is 0. The summed E-state index contributed by atoms with van der Waals surface area (Å²) in [6.07, 6.45) is 5.59. The molecule has 3 heteroatoms. The van der Waals surface area contributed by atoms with Crippen LogP contribution in [0.3, 0.4) is 0 Å². The molecule has 13 heavy (non-hydrogen) atoms. The van der Waals surface area contributed by atoms with Crippen molar-refractivity contribution >= 4 is 18.3 Å². The third kappa shape index (κ3) is 1.46. The van der Waals surface area contributed by atoms with Gasteiger partial charge in [-0.3, -0.25) is 4.99 Å². The van der Waals surface area contributed by atoms with E-state index in [1.807, 2.05) is 12.3 Å². The number of fused-ring (bicyclic) bond motifs is 1. The molecule has 68 valence electrons. The molecule has 0 radical (unpaired) electrons. The lowest BCUT2D eigenvalue weighted by Crippen LogP contribution is -2.24. The highest BCUT2D eigenvalue weighted by molar-refractivity contribution is 6.03. The molecule has 3 nitrogen and oxygen atoms in total. The zero-order valence-corrected chi connectivity index (χ0v) is 8.15. The smallest absolute Gasteiger partial charge is 0.168 e. The van der Waals surface area contributed by atoms with Crippen LogP contribution in [-0.4, -0.2) is 24.4 Å². The lowest BCUT2D eigenvalue weighted by atomic mass is 9.94. The van der Waals surface area contributed by atoms with Crippen molar-refractivity contribution in [2.75, 3.05) is 0 Å². The molecule has 0 N–H and O–H groups in total. The van der Waals surface area contributed by atoms with Gasteiger partial charge in [-0.15, -0.1) is 0 Å². The number of hydrogen-bond donors (Lipinski definition) is 0. The van der Waals surface area contributed by atoms with Crippen LogP contribution < -0.4 is 0 Å². The van der Waals surface area contributed by atoms with Crippen LogP contribution in [0.25, 0.3) is 0 Å². The molecular formula is C10H13N3. The fourth-order valence-electron chi connectivity index (χ4n) is 1.27. The van der Waals surface area contributed by atoms with Gasteiger partial charge in [0, 0.05) is 23.4 Å². The average molecular weight is 175 g/mol. The van der Waals surface area contributed by atoms with Crippen LogP contribution in [0.1, 0.15) is 20.8 Å². The van der Waals surface area contributed by atoms with Crippen molar-refractivity contribution < 1.29 is 0 Å². The van der Waals surface area contributed by atoms with Gasteiger partial charge in [0.2, 0.25) is 0 Å². The maximum absolute atomic E-state index is 4.47. The van der Waals surface area contributed by atoms with Gasteiger partial charge in [-0.05, 0) is 6.08 Å². The number of nitrogens with zero attached hydrogens (tertiary/aromatic N) is 3. The van der Waals surface area contributed by atoms with Gasteiger partial charge in [-0.2, -0.15) is 0 Å². The van der Waals surface area contributed by atoms with Gasteiger partial charge in [0.15, 0.2) is 6.17 Å². The molecule has 0 aliphatic carbocycles. The standard InChI is InChI=1S/C10H13N3/c1-10(2,3)9-12-6-7-4-5-11-8(7)13-9/h4-6,8H,1-3H3. The average Bonchev–Trinajstić information content (AvgIpc) is 2.47. The Morgan fingerprint density at radius 2 is 2.08 bits per heavy atom. The number of rotatable bonds is 0. The second-order valence-electron chi connectivity index (χ2n) is 4.30. The predicted molar refractivity (Wildman–Crippen MR) is 55.7 cm³/mol. The van der Waals surface area contributed by atoms with Crippen LogP contribution in [-0.2, 0) is 0 Å². The molecule has 2 rings (SSSR count). The molecule has 1 unspecified atom stereocenters. The zero-order valence-electron chi connectivity index (χ0n) is 8.15. The normalized spacial score (nSPS) is 25.6. The molecule has 1 atom stereocenters. The molecular weight excluding hydrogens is 162 g/mol. The van der Waals surface area contributed by atoms with Crippen molar-refractivity contribution in [3.05, 3.63) is 11.6 Å². The van der Waals surface area contributed by atoms with Gasteiger partial charge in [-0.25, -0.2) is 9.98 Å². The Balaban J connectivity index is 2.32. The second kappa shape index (κ2) is 2.62. The van der Waals surface area contributed by atoms with E-state index in [9.17, 15) is 0 Å².